The largest absolute Gasteiger partial charge is 0.481 e. The van der Waals surface area contributed by atoms with Crippen molar-refractivity contribution in [2.24, 2.45) is 0 Å². The minimum atomic E-state index is -0.464. The van der Waals surface area contributed by atoms with Gasteiger partial charge >= 0.3 is 0 Å². The van der Waals surface area contributed by atoms with Gasteiger partial charge in [0.15, 0.2) is 11.6 Å². The lowest BCUT2D eigenvalue weighted by Gasteiger charge is -2.10. The predicted octanol–water partition coefficient (Wildman–Crippen LogP) is 3.39. The van der Waals surface area contributed by atoms with Gasteiger partial charge in [-0.15, -0.1) is 5.10 Å². The first kappa shape index (κ1) is 15.9. The van der Waals surface area contributed by atoms with Crippen molar-refractivity contribution in [3.63, 3.8) is 0 Å². The Balaban J connectivity index is 1.86. The minimum absolute atomic E-state index is 0.281. The van der Waals surface area contributed by atoms with Crippen LogP contribution < -0.4 is 10.1 Å². The molecule has 4 aromatic rings. The van der Waals surface area contributed by atoms with Crippen LogP contribution in [0, 0.1) is 12.7 Å². The third-order valence-electron chi connectivity index (χ3n) is 3.79. The van der Waals surface area contributed by atoms with E-state index in [1.807, 2.05) is 25.3 Å². The maximum absolute atomic E-state index is 14.0. The molecule has 0 bridgehead atoms. The van der Waals surface area contributed by atoms with E-state index in [-0.39, 0.29) is 5.69 Å². The summed E-state index contributed by atoms with van der Waals surface area (Å²) in [5.74, 6) is 0.861. The molecule has 4 rings (SSSR count). The molecule has 4 aromatic heterocycles. The van der Waals surface area contributed by atoms with Gasteiger partial charge in [0.05, 0.1) is 19.0 Å². The third-order valence-corrected chi connectivity index (χ3v) is 3.79. The number of pyridine rings is 2. The van der Waals surface area contributed by atoms with E-state index in [1.54, 1.807) is 29.8 Å². The second-order valence-electron chi connectivity index (χ2n) is 5.68. The molecule has 0 atom stereocenters. The summed E-state index contributed by atoms with van der Waals surface area (Å²) in [7, 11) is 1.55. The smallest absolute Gasteiger partial charge is 0.213 e. The van der Waals surface area contributed by atoms with E-state index in [2.05, 4.69) is 25.4 Å². The number of hydrogen-bond acceptors (Lipinski definition) is 6. The predicted molar refractivity (Wildman–Crippen MR) is 95.0 cm³/mol. The quantitative estimate of drug-likeness (QED) is 0.608. The van der Waals surface area contributed by atoms with Crippen molar-refractivity contribution < 1.29 is 9.13 Å². The van der Waals surface area contributed by atoms with E-state index in [0.717, 1.165) is 17.3 Å². The molecule has 130 valence electrons. The number of anilines is 2. The van der Waals surface area contributed by atoms with Crippen LogP contribution in [0.4, 0.5) is 15.9 Å². The van der Waals surface area contributed by atoms with Gasteiger partial charge in [-0.1, -0.05) is 6.07 Å². The summed E-state index contributed by atoms with van der Waals surface area (Å²) in [6.45, 7) is 1.95. The first-order valence-corrected chi connectivity index (χ1v) is 7.89. The molecule has 4 heterocycles. The summed E-state index contributed by atoms with van der Waals surface area (Å²) < 4.78 is 20.9. The standard InChI is InChI=1S/C18H15FN6O/c1-11-8-15-18(22-13-6-7-20-9-12(13)19)23-17(24-25(15)10-11)14-4-3-5-16(21-14)26-2/h3-10H,1-2H3,(H,20,22,23,24). The Hall–Kier alpha value is -3.55. The summed E-state index contributed by atoms with van der Waals surface area (Å²) >= 11 is 0. The van der Waals surface area contributed by atoms with Crippen LogP contribution in [0.1, 0.15) is 5.56 Å². The maximum Gasteiger partial charge on any atom is 0.213 e. The molecule has 0 radical (unpaired) electrons. The first-order chi connectivity index (χ1) is 12.6. The average Bonchev–Trinajstić information content (AvgIpc) is 3.04. The first-order valence-electron chi connectivity index (χ1n) is 7.89. The van der Waals surface area contributed by atoms with Gasteiger partial charge in [-0.3, -0.25) is 4.98 Å². The fourth-order valence-electron chi connectivity index (χ4n) is 2.59. The van der Waals surface area contributed by atoms with Crippen LogP contribution in [0.3, 0.4) is 0 Å². The van der Waals surface area contributed by atoms with Crippen molar-refractivity contribution in [3.8, 4) is 17.4 Å². The zero-order valence-electron chi connectivity index (χ0n) is 14.1. The molecule has 0 saturated heterocycles. The highest BCUT2D eigenvalue weighted by Crippen LogP contribution is 2.25. The number of aromatic nitrogens is 5. The molecule has 0 aliphatic rings. The van der Waals surface area contributed by atoms with Gasteiger partial charge in [0.2, 0.25) is 11.7 Å². The molecule has 0 saturated carbocycles. The van der Waals surface area contributed by atoms with Crippen LogP contribution in [0.25, 0.3) is 17.0 Å². The molecular formula is C18H15FN6O. The summed E-state index contributed by atoms with van der Waals surface area (Å²) in [6, 6.07) is 8.81. The van der Waals surface area contributed by atoms with Crippen molar-refractivity contribution in [1.29, 1.82) is 0 Å². The Morgan fingerprint density at radius 1 is 1.19 bits per heavy atom. The van der Waals surface area contributed by atoms with Crippen molar-refractivity contribution in [3.05, 3.63) is 60.3 Å². The van der Waals surface area contributed by atoms with Crippen LogP contribution in [0.2, 0.25) is 0 Å². The number of fused-ring (bicyclic) bond motifs is 1. The molecule has 0 aliphatic heterocycles. The Morgan fingerprint density at radius 3 is 2.88 bits per heavy atom. The highest BCUT2D eigenvalue weighted by atomic mass is 19.1. The molecule has 7 nitrogen and oxygen atoms in total. The van der Waals surface area contributed by atoms with E-state index in [9.17, 15) is 4.39 Å². The fourth-order valence-corrected chi connectivity index (χ4v) is 2.59. The van der Waals surface area contributed by atoms with Crippen molar-refractivity contribution in [2.45, 2.75) is 6.92 Å². The number of hydrogen-bond donors (Lipinski definition) is 1. The molecule has 0 aliphatic carbocycles. The number of nitrogens with one attached hydrogen (secondary N) is 1. The number of aryl methyl sites for hydroxylation is 1. The lowest BCUT2D eigenvalue weighted by atomic mass is 10.3. The molecule has 1 N–H and O–H groups in total. The third kappa shape index (κ3) is 2.92. The number of ether oxygens (including phenoxy) is 1. The zero-order valence-corrected chi connectivity index (χ0v) is 14.1. The number of nitrogens with zero attached hydrogens (tertiary/aromatic N) is 5. The van der Waals surface area contributed by atoms with Gasteiger partial charge in [-0.2, -0.15) is 0 Å². The highest BCUT2D eigenvalue weighted by molar-refractivity contribution is 5.75. The van der Waals surface area contributed by atoms with Gasteiger partial charge in [0.25, 0.3) is 0 Å². The van der Waals surface area contributed by atoms with E-state index >= 15 is 0 Å². The van der Waals surface area contributed by atoms with E-state index in [4.69, 9.17) is 4.74 Å². The minimum Gasteiger partial charge on any atom is -0.481 e. The number of rotatable bonds is 4. The summed E-state index contributed by atoms with van der Waals surface area (Å²) in [5, 5.41) is 7.53. The summed E-state index contributed by atoms with van der Waals surface area (Å²) in [5.41, 5.74) is 2.57. The monoisotopic (exact) mass is 350 g/mol. The molecule has 0 fully saturated rings. The van der Waals surface area contributed by atoms with Crippen molar-refractivity contribution >= 4 is 17.0 Å². The van der Waals surface area contributed by atoms with Crippen molar-refractivity contribution in [1.82, 2.24) is 24.6 Å². The second kappa shape index (κ2) is 6.40. The molecule has 0 amide bonds. The van der Waals surface area contributed by atoms with Gasteiger partial charge in [-0.05, 0) is 30.7 Å². The average molecular weight is 350 g/mol. The van der Waals surface area contributed by atoms with E-state index in [1.165, 1.54) is 6.20 Å². The lowest BCUT2D eigenvalue weighted by molar-refractivity contribution is 0.398. The molecule has 26 heavy (non-hydrogen) atoms. The molecule has 8 heteroatoms. The summed E-state index contributed by atoms with van der Waals surface area (Å²) in [4.78, 5) is 12.7. The lowest BCUT2D eigenvalue weighted by Crippen LogP contribution is -2.05. The van der Waals surface area contributed by atoms with Gasteiger partial charge in [-0.25, -0.2) is 18.9 Å². The van der Waals surface area contributed by atoms with E-state index < -0.39 is 5.82 Å². The molecule has 0 aromatic carbocycles. The second-order valence-corrected chi connectivity index (χ2v) is 5.68. The Labute approximate surface area is 148 Å². The van der Waals surface area contributed by atoms with Crippen LogP contribution >= 0.6 is 0 Å². The van der Waals surface area contributed by atoms with Crippen LogP contribution in [-0.4, -0.2) is 31.7 Å². The maximum atomic E-state index is 14.0. The fraction of sp³-hybridized carbons (Fsp3) is 0.111. The Bertz CT molecular complexity index is 1090. The zero-order chi connectivity index (χ0) is 18.1. The normalized spacial score (nSPS) is 10.9. The topological polar surface area (TPSA) is 77.2 Å². The number of halogens is 1. The van der Waals surface area contributed by atoms with Gasteiger partial charge in [0, 0.05) is 18.5 Å². The molecular weight excluding hydrogens is 335 g/mol. The highest BCUT2D eigenvalue weighted by Gasteiger charge is 2.14. The Kier molecular flexibility index (Phi) is 3.92. The van der Waals surface area contributed by atoms with Crippen LogP contribution in [0.15, 0.2) is 48.9 Å². The Morgan fingerprint density at radius 2 is 2.08 bits per heavy atom. The van der Waals surface area contributed by atoms with E-state index in [0.29, 0.717) is 23.2 Å². The molecule has 0 spiro atoms. The van der Waals surface area contributed by atoms with Gasteiger partial charge < -0.3 is 10.1 Å². The van der Waals surface area contributed by atoms with Crippen LogP contribution in [0.5, 0.6) is 5.88 Å². The van der Waals surface area contributed by atoms with Gasteiger partial charge in [0.1, 0.15) is 11.2 Å². The summed E-state index contributed by atoms with van der Waals surface area (Å²) in [6.07, 6.45) is 4.53. The SMILES string of the molecule is COc1cccc(-c2nc(Nc3ccncc3F)c3cc(C)cn3n2)n1. The van der Waals surface area contributed by atoms with Crippen LogP contribution in [-0.2, 0) is 0 Å². The number of methoxy groups -OCH3 is 1. The van der Waals surface area contributed by atoms with Crippen molar-refractivity contribution in [2.75, 3.05) is 12.4 Å². The molecule has 0 unspecified atom stereocenters.